The molecule has 2 heterocycles. The number of rotatable bonds is 3. The molecule has 4 heteroatoms. The Balaban J connectivity index is 1.76. The molecule has 3 atom stereocenters. The first kappa shape index (κ1) is 13.2. The molecule has 0 amide bonds. The van der Waals surface area contributed by atoms with E-state index in [0.717, 1.165) is 48.8 Å². The number of hydrogen-bond acceptors (Lipinski definition) is 3. The van der Waals surface area contributed by atoms with E-state index in [4.69, 9.17) is 26.8 Å². The fraction of sp³-hybridized carbons (Fsp3) is 0.600. The summed E-state index contributed by atoms with van der Waals surface area (Å²) >= 11 is 6.17. The minimum Gasteiger partial charge on any atom is -0.493 e. The summed E-state index contributed by atoms with van der Waals surface area (Å²) in [4.78, 5) is 0. The van der Waals surface area contributed by atoms with E-state index in [1.54, 1.807) is 0 Å². The average molecular weight is 282 g/mol. The first-order chi connectivity index (χ1) is 9.13. The van der Waals surface area contributed by atoms with Gasteiger partial charge in [-0.25, -0.2) is 0 Å². The number of hydrogen-bond donors (Lipinski definition) is 1. The van der Waals surface area contributed by atoms with Gasteiger partial charge in [0.25, 0.3) is 0 Å². The summed E-state index contributed by atoms with van der Waals surface area (Å²) in [5, 5.41) is 0.780. The van der Waals surface area contributed by atoms with Gasteiger partial charge in [0.2, 0.25) is 0 Å². The molecule has 0 spiro atoms. The van der Waals surface area contributed by atoms with E-state index in [1.807, 2.05) is 12.1 Å². The van der Waals surface area contributed by atoms with Crippen LogP contribution in [0, 0.1) is 5.92 Å². The molecule has 0 aliphatic carbocycles. The maximum Gasteiger partial charge on any atom is 0.125 e. The largest absolute Gasteiger partial charge is 0.493 e. The standard InChI is InChI=1S/C15H20ClNO2/c1-9-4-12(8-19-9)14(17)7-11-6-13(16)5-10-2-3-18-15(10)11/h5-6,9,12,14H,2-4,7-8,17H2,1H3. The molecule has 104 valence electrons. The number of fused-ring (bicyclic) bond motifs is 1. The van der Waals surface area contributed by atoms with Gasteiger partial charge in [0.15, 0.2) is 0 Å². The summed E-state index contributed by atoms with van der Waals surface area (Å²) in [5.74, 6) is 1.44. The van der Waals surface area contributed by atoms with E-state index in [9.17, 15) is 0 Å². The highest BCUT2D eigenvalue weighted by Gasteiger charge is 2.29. The highest BCUT2D eigenvalue weighted by molar-refractivity contribution is 6.30. The van der Waals surface area contributed by atoms with E-state index in [1.165, 1.54) is 5.56 Å². The number of ether oxygens (including phenoxy) is 2. The van der Waals surface area contributed by atoms with Crippen LogP contribution in [0.5, 0.6) is 5.75 Å². The second-order valence-corrected chi connectivity index (χ2v) is 6.10. The molecule has 1 fully saturated rings. The Morgan fingerprint density at radius 2 is 2.32 bits per heavy atom. The normalized spacial score (nSPS) is 27.1. The summed E-state index contributed by atoms with van der Waals surface area (Å²) in [6.07, 6.45) is 3.13. The van der Waals surface area contributed by atoms with Crippen molar-refractivity contribution in [2.24, 2.45) is 11.7 Å². The third-order valence-electron chi connectivity index (χ3n) is 4.12. The lowest BCUT2D eigenvalue weighted by molar-refractivity contribution is 0.118. The van der Waals surface area contributed by atoms with Crippen LogP contribution in [0.15, 0.2) is 12.1 Å². The molecule has 1 saturated heterocycles. The highest BCUT2D eigenvalue weighted by atomic mass is 35.5. The van der Waals surface area contributed by atoms with Crippen molar-refractivity contribution in [1.82, 2.24) is 0 Å². The Morgan fingerprint density at radius 1 is 1.47 bits per heavy atom. The van der Waals surface area contributed by atoms with E-state index in [2.05, 4.69) is 6.92 Å². The van der Waals surface area contributed by atoms with Crippen molar-refractivity contribution in [2.45, 2.75) is 38.3 Å². The molecule has 2 aliphatic rings. The topological polar surface area (TPSA) is 44.5 Å². The predicted molar refractivity (Wildman–Crippen MR) is 75.9 cm³/mol. The number of benzene rings is 1. The second kappa shape index (κ2) is 5.31. The van der Waals surface area contributed by atoms with Crippen molar-refractivity contribution >= 4 is 11.6 Å². The van der Waals surface area contributed by atoms with Gasteiger partial charge in [-0.1, -0.05) is 11.6 Å². The quantitative estimate of drug-likeness (QED) is 0.926. The molecule has 3 nitrogen and oxygen atoms in total. The summed E-state index contributed by atoms with van der Waals surface area (Å²) in [7, 11) is 0. The molecular formula is C15H20ClNO2. The molecule has 3 unspecified atom stereocenters. The molecule has 0 bridgehead atoms. The van der Waals surface area contributed by atoms with Crippen molar-refractivity contribution in [3.05, 3.63) is 28.3 Å². The van der Waals surface area contributed by atoms with Gasteiger partial charge in [-0.3, -0.25) is 0 Å². The minimum absolute atomic E-state index is 0.108. The van der Waals surface area contributed by atoms with E-state index in [-0.39, 0.29) is 6.04 Å². The monoisotopic (exact) mass is 281 g/mol. The van der Waals surface area contributed by atoms with Crippen molar-refractivity contribution in [3.8, 4) is 5.75 Å². The maximum absolute atomic E-state index is 6.34. The molecule has 0 radical (unpaired) electrons. The molecule has 1 aromatic carbocycles. The van der Waals surface area contributed by atoms with Gasteiger partial charge >= 0.3 is 0 Å². The smallest absolute Gasteiger partial charge is 0.125 e. The van der Waals surface area contributed by atoms with Crippen LogP contribution in [-0.4, -0.2) is 25.4 Å². The predicted octanol–water partition coefficient (Wildman–Crippen LogP) is 2.57. The van der Waals surface area contributed by atoms with Crippen LogP contribution in [-0.2, 0) is 17.6 Å². The fourth-order valence-electron chi connectivity index (χ4n) is 3.07. The molecular weight excluding hydrogens is 262 g/mol. The van der Waals surface area contributed by atoms with Crippen LogP contribution < -0.4 is 10.5 Å². The van der Waals surface area contributed by atoms with Gasteiger partial charge in [0.1, 0.15) is 5.75 Å². The molecule has 0 saturated carbocycles. The fourth-order valence-corrected chi connectivity index (χ4v) is 3.33. The van der Waals surface area contributed by atoms with Crippen molar-refractivity contribution in [2.75, 3.05) is 13.2 Å². The SMILES string of the molecule is CC1CC(C(N)Cc2cc(Cl)cc3c2OCC3)CO1. The Labute approximate surface area is 119 Å². The van der Waals surface area contributed by atoms with Gasteiger partial charge in [-0.2, -0.15) is 0 Å². The first-order valence-corrected chi connectivity index (χ1v) is 7.32. The molecule has 3 rings (SSSR count). The third-order valence-corrected chi connectivity index (χ3v) is 4.33. The van der Waals surface area contributed by atoms with Crippen molar-refractivity contribution < 1.29 is 9.47 Å². The zero-order chi connectivity index (χ0) is 13.4. The highest BCUT2D eigenvalue weighted by Crippen LogP contribution is 2.34. The summed E-state index contributed by atoms with van der Waals surface area (Å²) in [5.41, 5.74) is 8.70. The van der Waals surface area contributed by atoms with E-state index >= 15 is 0 Å². The second-order valence-electron chi connectivity index (χ2n) is 5.66. The van der Waals surface area contributed by atoms with Gasteiger partial charge < -0.3 is 15.2 Å². The Bertz CT molecular complexity index is 477. The number of halogens is 1. The van der Waals surface area contributed by atoms with Crippen LogP contribution in [0.4, 0.5) is 0 Å². The van der Waals surface area contributed by atoms with Crippen LogP contribution in [0.2, 0.25) is 5.02 Å². The lowest BCUT2D eigenvalue weighted by atomic mass is 9.91. The van der Waals surface area contributed by atoms with Crippen molar-refractivity contribution in [1.29, 1.82) is 0 Å². The van der Waals surface area contributed by atoms with Crippen LogP contribution in [0.3, 0.4) is 0 Å². The lowest BCUT2D eigenvalue weighted by Crippen LogP contribution is -2.32. The average Bonchev–Trinajstić information content (AvgIpc) is 2.97. The molecule has 0 aromatic heterocycles. The minimum atomic E-state index is 0.108. The van der Waals surface area contributed by atoms with Crippen molar-refractivity contribution in [3.63, 3.8) is 0 Å². The van der Waals surface area contributed by atoms with Gasteiger partial charge in [0, 0.05) is 23.4 Å². The molecule has 2 N–H and O–H groups in total. The van der Waals surface area contributed by atoms with Gasteiger partial charge in [0.05, 0.1) is 19.3 Å². The summed E-state index contributed by atoms with van der Waals surface area (Å²) < 4.78 is 11.3. The number of nitrogens with two attached hydrogens (primary N) is 1. The first-order valence-electron chi connectivity index (χ1n) is 6.94. The zero-order valence-electron chi connectivity index (χ0n) is 11.2. The van der Waals surface area contributed by atoms with Gasteiger partial charge in [-0.05, 0) is 43.0 Å². The molecule has 2 aliphatic heterocycles. The Kier molecular flexibility index (Phi) is 3.70. The third kappa shape index (κ3) is 2.73. The Morgan fingerprint density at radius 3 is 3.05 bits per heavy atom. The molecule has 1 aromatic rings. The maximum atomic E-state index is 6.34. The molecule has 19 heavy (non-hydrogen) atoms. The Hall–Kier alpha value is -0.770. The summed E-state index contributed by atoms with van der Waals surface area (Å²) in [6, 6.07) is 4.10. The van der Waals surface area contributed by atoms with Crippen LogP contribution in [0.1, 0.15) is 24.5 Å². The summed E-state index contributed by atoms with van der Waals surface area (Å²) in [6.45, 7) is 3.63. The lowest BCUT2D eigenvalue weighted by Gasteiger charge is -2.19. The van der Waals surface area contributed by atoms with E-state index < -0.39 is 0 Å². The van der Waals surface area contributed by atoms with Crippen LogP contribution >= 0.6 is 11.6 Å². The zero-order valence-corrected chi connectivity index (χ0v) is 12.0. The van der Waals surface area contributed by atoms with Crippen LogP contribution in [0.25, 0.3) is 0 Å². The van der Waals surface area contributed by atoms with E-state index in [0.29, 0.717) is 12.0 Å². The van der Waals surface area contributed by atoms with Gasteiger partial charge in [-0.15, -0.1) is 0 Å².